The molecule has 0 radical (unpaired) electrons. The molecule has 3 aromatic rings. The number of benzene rings is 2. The van der Waals surface area contributed by atoms with Crippen molar-refractivity contribution < 1.29 is 4.74 Å². The zero-order chi connectivity index (χ0) is 15.9. The average molecular weight is 305 g/mol. The molecule has 0 atom stereocenters. The summed E-state index contributed by atoms with van der Waals surface area (Å²) in [4.78, 5) is 9.01. The van der Waals surface area contributed by atoms with Crippen molar-refractivity contribution >= 4 is 5.82 Å². The van der Waals surface area contributed by atoms with E-state index in [2.05, 4.69) is 15.3 Å². The Bertz CT molecular complexity index is 745. The van der Waals surface area contributed by atoms with Gasteiger partial charge in [0.1, 0.15) is 18.2 Å². The third-order valence-corrected chi connectivity index (χ3v) is 3.41. The lowest BCUT2D eigenvalue weighted by atomic mass is 10.2. The minimum atomic E-state index is 0.578. The van der Waals surface area contributed by atoms with Crippen molar-refractivity contribution in [3.05, 3.63) is 72.4 Å². The first-order valence-corrected chi connectivity index (χ1v) is 7.64. The lowest BCUT2D eigenvalue weighted by Gasteiger charge is -2.11. The highest BCUT2D eigenvalue weighted by Gasteiger charge is 2.05. The molecular formula is C19H19N3O. The first-order chi connectivity index (χ1) is 11.3. The lowest BCUT2D eigenvalue weighted by Crippen LogP contribution is -2.13. The van der Waals surface area contributed by atoms with Crippen LogP contribution in [-0.2, 0) is 0 Å². The summed E-state index contributed by atoms with van der Waals surface area (Å²) in [5.41, 5.74) is 2.03. The second-order valence-electron chi connectivity index (χ2n) is 5.18. The quantitative estimate of drug-likeness (QED) is 0.701. The molecule has 4 heteroatoms. The molecule has 116 valence electrons. The maximum atomic E-state index is 5.68. The van der Waals surface area contributed by atoms with Crippen molar-refractivity contribution in [1.82, 2.24) is 9.97 Å². The lowest BCUT2D eigenvalue weighted by molar-refractivity contribution is 0.332. The maximum Gasteiger partial charge on any atom is 0.161 e. The van der Waals surface area contributed by atoms with Gasteiger partial charge in [0.05, 0.1) is 6.54 Å². The monoisotopic (exact) mass is 305 g/mol. The number of ether oxygens (including phenoxy) is 1. The molecule has 23 heavy (non-hydrogen) atoms. The van der Waals surface area contributed by atoms with Crippen LogP contribution in [0.1, 0.15) is 5.56 Å². The van der Waals surface area contributed by atoms with E-state index in [4.69, 9.17) is 4.74 Å². The largest absolute Gasteiger partial charge is 0.492 e. The molecule has 0 spiro atoms. The number of hydrogen-bond acceptors (Lipinski definition) is 4. The molecule has 0 aliphatic heterocycles. The molecule has 3 rings (SSSR count). The second-order valence-corrected chi connectivity index (χ2v) is 5.18. The first-order valence-electron chi connectivity index (χ1n) is 7.64. The molecule has 2 aromatic carbocycles. The number of nitrogens with one attached hydrogen (secondary N) is 1. The van der Waals surface area contributed by atoms with Crippen LogP contribution in [0.5, 0.6) is 5.75 Å². The zero-order valence-corrected chi connectivity index (χ0v) is 13.1. The summed E-state index contributed by atoms with van der Waals surface area (Å²) < 4.78 is 5.68. The van der Waals surface area contributed by atoms with Crippen molar-refractivity contribution in [2.75, 3.05) is 18.5 Å². The van der Waals surface area contributed by atoms with E-state index in [1.54, 1.807) is 0 Å². The molecular weight excluding hydrogens is 286 g/mol. The van der Waals surface area contributed by atoms with E-state index in [0.29, 0.717) is 13.2 Å². The number of rotatable bonds is 6. The van der Waals surface area contributed by atoms with Crippen molar-refractivity contribution in [2.24, 2.45) is 0 Å². The molecule has 0 fully saturated rings. The van der Waals surface area contributed by atoms with Gasteiger partial charge in [0, 0.05) is 17.3 Å². The van der Waals surface area contributed by atoms with Gasteiger partial charge in [-0.25, -0.2) is 9.97 Å². The van der Waals surface area contributed by atoms with E-state index in [9.17, 15) is 0 Å². The van der Waals surface area contributed by atoms with E-state index in [1.807, 2.05) is 73.8 Å². The Hall–Kier alpha value is -2.88. The summed E-state index contributed by atoms with van der Waals surface area (Å²) in [6.07, 6.45) is 1.84. The van der Waals surface area contributed by atoms with Crippen LogP contribution in [0.3, 0.4) is 0 Å². The van der Waals surface area contributed by atoms with Gasteiger partial charge in [-0.15, -0.1) is 0 Å². The molecule has 0 unspecified atom stereocenters. The summed E-state index contributed by atoms with van der Waals surface area (Å²) in [6, 6.07) is 19.8. The van der Waals surface area contributed by atoms with Gasteiger partial charge in [0.25, 0.3) is 0 Å². The fraction of sp³-hybridized carbons (Fsp3) is 0.158. The molecule has 4 nitrogen and oxygen atoms in total. The molecule has 0 aliphatic rings. The molecule has 1 heterocycles. The predicted molar refractivity (Wildman–Crippen MR) is 92.6 cm³/mol. The number of aryl methyl sites for hydroxylation is 1. The van der Waals surface area contributed by atoms with Crippen LogP contribution in [0.15, 0.2) is 66.9 Å². The zero-order valence-electron chi connectivity index (χ0n) is 13.1. The van der Waals surface area contributed by atoms with Crippen molar-refractivity contribution in [3.8, 4) is 17.1 Å². The summed E-state index contributed by atoms with van der Waals surface area (Å²) in [5, 5.41) is 3.32. The minimum absolute atomic E-state index is 0.578. The Labute approximate surface area is 136 Å². The number of hydrogen-bond donors (Lipinski definition) is 1. The maximum absolute atomic E-state index is 5.68. The second kappa shape index (κ2) is 7.40. The SMILES string of the molecule is Cc1cnc(-c2ccccc2)nc1NCCOc1ccccc1. The van der Waals surface area contributed by atoms with E-state index in [1.165, 1.54) is 0 Å². The Kier molecular flexibility index (Phi) is 4.84. The molecule has 0 saturated heterocycles. The molecule has 0 bridgehead atoms. The summed E-state index contributed by atoms with van der Waals surface area (Å²) in [7, 11) is 0. The van der Waals surface area contributed by atoms with Crippen LogP contribution in [0.4, 0.5) is 5.82 Å². The Balaban J connectivity index is 1.61. The van der Waals surface area contributed by atoms with Crippen LogP contribution < -0.4 is 10.1 Å². The number of anilines is 1. The highest BCUT2D eigenvalue weighted by Crippen LogP contribution is 2.18. The van der Waals surface area contributed by atoms with Gasteiger partial charge in [0.2, 0.25) is 0 Å². The topological polar surface area (TPSA) is 47.0 Å². The van der Waals surface area contributed by atoms with Crippen molar-refractivity contribution in [1.29, 1.82) is 0 Å². The van der Waals surface area contributed by atoms with Crippen molar-refractivity contribution in [3.63, 3.8) is 0 Å². The van der Waals surface area contributed by atoms with Gasteiger partial charge in [-0.2, -0.15) is 0 Å². The summed E-state index contributed by atoms with van der Waals surface area (Å²) >= 11 is 0. The highest BCUT2D eigenvalue weighted by molar-refractivity contribution is 5.58. The van der Waals surface area contributed by atoms with E-state index in [0.717, 1.165) is 28.5 Å². The minimum Gasteiger partial charge on any atom is -0.492 e. The summed E-state index contributed by atoms with van der Waals surface area (Å²) in [5.74, 6) is 2.44. The number of para-hydroxylation sites is 1. The van der Waals surface area contributed by atoms with Crippen molar-refractivity contribution in [2.45, 2.75) is 6.92 Å². The third kappa shape index (κ3) is 4.07. The predicted octanol–water partition coefficient (Wildman–Crippen LogP) is 3.94. The van der Waals surface area contributed by atoms with E-state index >= 15 is 0 Å². The number of nitrogens with zero attached hydrogens (tertiary/aromatic N) is 2. The van der Waals surface area contributed by atoms with Gasteiger partial charge in [-0.3, -0.25) is 0 Å². The summed E-state index contributed by atoms with van der Waals surface area (Å²) in [6.45, 7) is 3.25. The first kappa shape index (κ1) is 15.0. The standard InChI is InChI=1S/C19H19N3O/c1-15-14-21-19(16-8-4-2-5-9-16)22-18(15)20-12-13-23-17-10-6-3-7-11-17/h2-11,14H,12-13H2,1H3,(H,20,21,22). The number of aromatic nitrogens is 2. The molecule has 0 saturated carbocycles. The fourth-order valence-corrected chi connectivity index (χ4v) is 2.20. The smallest absolute Gasteiger partial charge is 0.161 e. The van der Waals surface area contributed by atoms with Gasteiger partial charge in [0.15, 0.2) is 5.82 Å². The normalized spacial score (nSPS) is 10.3. The Morgan fingerprint density at radius 1 is 0.957 bits per heavy atom. The van der Waals surface area contributed by atoms with Crippen LogP contribution in [-0.4, -0.2) is 23.1 Å². The Morgan fingerprint density at radius 3 is 2.39 bits per heavy atom. The molecule has 0 amide bonds. The Morgan fingerprint density at radius 2 is 1.65 bits per heavy atom. The fourth-order valence-electron chi connectivity index (χ4n) is 2.20. The molecule has 1 aromatic heterocycles. The molecule has 0 aliphatic carbocycles. The molecule has 1 N–H and O–H groups in total. The van der Waals surface area contributed by atoms with Gasteiger partial charge in [-0.05, 0) is 19.1 Å². The van der Waals surface area contributed by atoms with Crippen LogP contribution in [0.2, 0.25) is 0 Å². The third-order valence-electron chi connectivity index (χ3n) is 3.41. The van der Waals surface area contributed by atoms with E-state index < -0.39 is 0 Å². The van der Waals surface area contributed by atoms with Gasteiger partial charge < -0.3 is 10.1 Å². The highest BCUT2D eigenvalue weighted by atomic mass is 16.5. The van der Waals surface area contributed by atoms with Crippen LogP contribution in [0, 0.1) is 6.92 Å². The van der Waals surface area contributed by atoms with Crippen LogP contribution in [0.25, 0.3) is 11.4 Å². The van der Waals surface area contributed by atoms with Gasteiger partial charge >= 0.3 is 0 Å². The van der Waals surface area contributed by atoms with Crippen LogP contribution >= 0.6 is 0 Å². The average Bonchev–Trinajstić information content (AvgIpc) is 2.62. The van der Waals surface area contributed by atoms with E-state index in [-0.39, 0.29) is 0 Å². The van der Waals surface area contributed by atoms with Gasteiger partial charge in [-0.1, -0.05) is 48.5 Å².